The van der Waals surface area contributed by atoms with Gasteiger partial charge in [-0.25, -0.2) is 0 Å². The van der Waals surface area contributed by atoms with Crippen molar-refractivity contribution in [1.82, 2.24) is 10.1 Å². The number of nitrogens with zero attached hydrogens (tertiary/aromatic N) is 2. The second kappa shape index (κ2) is 6.30. The molecular formula is C14H18BrN3O. The Labute approximate surface area is 121 Å². The summed E-state index contributed by atoms with van der Waals surface area (Å²) < 4.78 is 6.28. The summed E-state index contributed by atoms with van der Waals surface area (Å²) in [6.07, 6.45) is 1.50. The lowest BCUT2D eigenvalue weighted by atomic mass is 10.0. The first-order valence-electron chi connectivity index (χ1n) is 6.37. The Morgan fingerprint density at radius 2 is 2.16 bits per heavy atom. The molecule has 19 heavy (non-hydrogen) atoms. The summed E-state index contributed by atoms with van der Waals surface area (Å²) in [6, 6.07) is 7.89. The summed E-state index contributed by atoms with van der Waals surface area (Å²) in [4.78, 5) is 4.37. The number of nitrogens with two attached hydrogens (primary N) is 1. The molecule has 0 saturated heterocycles. The lowest BCUT2D eigenvalue weighted by Gasteiger charge is -2.08. The van der Waals surface area contributed by atoms with E-state index in [9.17, 15) is 0 Å². The van der Waals surface area contributed by atoms with E-state index in [1.807, 2.05) is 24.3 Å². The fourth-order valence-corrected chi connectivity index (χ4v) is 2.37. The second-order valence-corrected chi connectivity index (χ2v) is 6.01. The van der Waals surface area contributed by atoms with Crippen molar-refractivity contribution >= 4 is 15.9 Å². The van der Waals surface area contributed by atoms with E-state index in [1.54, 1.807) is 0 Å². The summed E-state index contributed by atoms with van der Waals surface area (Å²) >= 11 is 3.45. The average Bonchev–Trinajstić information content (AvgIpc) is 2.76. The first kappa shape index (κ1) is 14.2. The maximum Gasteiger partial charge on any atom is 0.243 e. The number of benzene rings is 1. The average molecular weight is 324 g/mol. The lowest BCUT2D eigenvalue weighted by Crippen LogP contribution is -2.13. The minimum Gasteiger partial charge on any atom is -0.338 e. The first-order chi connectivity index (χ1) is 9.04. The Morgan fingerprint density at radius 3 is 2.84 bits per heavy atom. The summed E-state index contributed by atoms with van der Waals surface area (Å²) in [5, 5.41) is 3.99. The molecule has 0 unspecified atom stereocenters. The predicted molar refractivity (Wildman–Crippen MR) is 77.6 cm³/mol. The fourth-order valence-electron chi connectivity index (χ4n) is 1.93. The van der Waals surface area contributed by atoms with E-state index in [2.05, 4.69) is 39.9 Å². The maximum absolute atomic E-state index is 6.02. The van der Waals surface area contributed by atoms with Crippen molar-refractivity contribution in [2.75, 3.05) is 0 Å². The van der Waals surface area contributed by atoms with Gasteiger partial charge in [0.15, 0.2) is 5.82 Å². The van der Waals surface area contributed by atoms with Crippen LogP contribution in [0.15, 0.2) is 33.3 Å². The zero-order valence-corrected chi connectivity index (χ0v) is 12.7. The van der Waals surface area contributed by atoms with Gasteiger partial charge in [0.05, 0.1) is 6.04 Å². The van der Waals surface area contributed by atoms with Crippen molar-refractivity contribution in [1.29, 1.82) is 0 Å². The van der Waals surface area contributed by atoms with Crippen LogP contribution in [0, 0.1) is 5.92 Å². The van der Waals surface area contributed by atoms with E-state index in [0.29, 0.717) is 24.1 Å². The van der Waals surface area contributed by atoms with Gasteiger partial charge in [-0.15, -0.1) is 0 Å². The number of hydrogen-bond acceptors (Lipinski definition) is 4. The van der Waals surface area contributed by atoms with Gasteiger partial charge in [0.1, 0.15) is 0 Å². The van der Waals surface area contributed by atoms with Crippen molar-refractivity contribution in [3.05, 3.63) is 46.0 Å². The molecule has 0 spiro atoms. The standard InChI is InChI=1S/C14H18BrN3O/c1-9(2)6-12(16)14-17-13(18-19-14)8-10-4-3-5-11(15)7-10/h3-5,7,9,12H,6,8,16H2,1-2H3/t12-/m0/s1. The van der Waals surface area contributed by atoms with Crippen molar-refractivity contribution in [3.8, 4) is 0 Å². The maximum atomic E-state index is 6.02. The molecule has 5 heteroatoms. The van der Waals surface area contributed by atoms with Crippen LogP contribution >= 0.6 is 15.9 Å². The molecule has 1 aromatic heterocycles. The van der Waals surface area contributed by atoms with Gasteiger partial charge in [-0.1, -0.05) is 47.1 Å². The smallest absolute Gasteiger partial charge is 0.243 e. The van der Waals surface area contributed by atoms with Crippen LogP contribution < -0.4 is 5.73 Å². The molecule has 0 bridgehead atoms. The predicted octanol–water partition coefficient (Wildman–Crippen LogP) is 3.47. The van der Waals surface area contributed by atoms with Gasteiger partial charge in [0.25, 0.3) is 0 Å². The summed E-state index contributed by atoms with van der Waals surface area (Å²) in [7, 11) is 0. The molecule has 0 saturated carbocycles. The molecule has 2 rings (SSSR count). The van der Waals surface area contributed by atoms with E-state index in [0.717, 1.165) is 16.5 Å². The third-order valence-electron chi connectivity index (χ3n) is 2.78. The van der Waals surface area contributed by atoms with Gasteiger partial charge < -0.3 is 10.3 Å². The SMILES string of the molecule is CC(C)C[C@H](N)c1nc(Cc2cccc(Br)c2)no1. The Balaban J connectivity index is 2.05. The highest BCUT2D eigenvalue weighted by atomic mass is 79.9. The molecule has 1 heterocycles. The molecule has 4 nitrogen and oxygen atoms in total. The van der Waals surface area contributed by atoms with Gasteiger partial charge >= 0.3 is 0 Å². The van der Waals surface area contributed by atoms with Gasteiger partial charge in [0.2, 0.25) is 5.89 Å². The van der Waals surface area contributed by atoms with Gasteiger partial charge in [-0.05, 0) is 30.0 Å². The molecule has 0 aliphatic carbocycles. The zero-order chi connectivity index (χ0) is 13.8. The van der Waals surface area contributed by atoms with Crippen molar-refractivity contribution < 1.29 is 4.52 Å². The van der Waals surface area contributed by atoms with Crippen LogP contribution in [0.25, 0.3) is 0 Å². The Hall–Kier alpha value is -1.20. The largest absolute Gasteiger partial charge is 0.338 e. The molecule has 1 aromatic carbocycles. The molecule has 102 valence electrons. The minimum absolute atomic E-state index is 0.177. The normalized spacial score (nSPS) is 12.9. The van der Waals surface area contributed by atoms with Crippen LogP contribution in [0.1, 0.15) is 43.6 Å². The Bertz CT molecular complexity index is 539. The van der Waals surface area contributed by atoms with E-state index >= 15 is 0 Å². The van der Waals surface area contributed by atoms with Crippen molar-refractivity contribution in [2.45, 2.75) is 32.7 Å². The van der Waals surface area contributed by atoms with Crippen LogP contribution in [-0.2, 0) is 6.42 Å². The van der Waals surface area contributed by atoms with Gasteiger partial charge in [-0.3, -0.25) is 0 Å². The number of hydrogen-bond donors (Lipinski definition) is 1. The molecule has 0 radical (unpaired) electrons. The van der Waals surface area contributed by atoms with Crippen LogP contribution in [0.5, 0.6) is 0 Å². The molecule has 0 amide bonds. The Kier molecular flexibility index (Phi) is 4.71. The van der Waals surface area contributed by atoms with Gasteiger partial charge in [0, 0.05) is 10.9 Å². The molecule has 0 fully saturated rings. The van der Waals surface area contributed by atoms with Crippen LogP contribution in [-0.4, -0.2) is 10.1 Å². The van der Waals surface area contributed by atoms with Crippen molar-refractivity contribution in [3.63, 3.8) is 0 Å². The molecular weight excluding hydrogens is 306 g/mol. The molecule has 0 aliphatic rings. The molecule has 2 N–H and O–H groups in total. The third kappa shape index (κ3) is 4.14. The van der Waals surface area contributed by atoms with Gasteiger partial charge in [-0.2, -0.15) is 4.98 Å². The van der Waals surface area contributed by atoms with Crippen LogP contribution in [0.2, 0.25) is 0 Å². The molecule has 1 atom stereocenters. The summed E-state index contributed by atoms with van der Waals surface area (Å²) in [5.74, 6) is 1.71. The van der Waals surface area contributed by atoms with Crippen LogP contribution in [0.3, 0.4) is 0 Å². The Morgan fingerprint density at radius 1 is 1.37 bits per heavy atom. The summed E-state index contributed by atoms with van der Waals surface area (Å²) in [6.45, 7) is 4.25. The topological polar surface area (TPSA) is 64.9 Å². The monoisotopic (exact) mass is 323 g/mol. The van der Waals surface area contributed by atoms with E-state index in [4.69, 9.17) is 10.3 Å². The quantitative estimate of drug-likeness (QED) is 0.914. The fraction of sp³-hybridized carbons (Fsp3) is 0.429. The highest BCUT2D eigenvalue weighted by Crippen LogP contribution is 2.18. The highest BCUT2D eigenvalue weighted by Gasteiger charge is 2.16. The van der Waals surface area contributed by atoms with E-state index in [1.165, 1.54) is 0 Å². The lowest BCUT2D eigenvalue weighted by molar-refractivity contribution is 0.333. The highest BCUT2D eigenvalue weighted by molar-refractivity contribution is 9.10. The van der Waals surface area contributed by atoms with Crippen LogP contribution in [0.4, 0.5) is 0 Å². The van der Waals surface area contributed by atoms with E-state index in [-0.39, 0.29) is 6.04 Å². The second-order valence-electron chi connectivity index (χ2n) is 5.09. The first-order valence-corrected chi connectivity index (χ1v) is 7.16. The zero-order valence-electron chi connectivity index (χ0n) is 11.1. The third-order valence-corrected chi connectivity index (χ3v) is 3.27. The number of halogens is 1. The number of rotatable bonds is 5. The molecule has 0 aliphatic heterocycles. The minimum atomic E-state index is -0.177. The number of aromatic nitrogens is 2. The molecule has 2 aromatic rings. The van der Waals surface area contributed by atoms with Crippen molar-refractivity contribution in [2.24, 2.45) is 11.7 Å². The summed E-state index contributed by atoms with van der Waals surface area (Å²) in [5.41, 5.74) is 7.16. The van der Waals surface area contributed by atoms with E-state index < -0.39 is 0 Å².